The Morgan fingerprint density at radius 1 is 0.833 bits per heavy atom. The van der Waals surface area contributed by atoms with Crippen LogP contribution in [-0.2, 0) is 10.0 Å². The molecule has 0 radical (unpaired) electrons. The predicted molar refractivity (Wildman–Crippen MR) is 111 cm³/mol. The summed E-state index contributed by atoms with van der Waals surface area (Å²) in [6.45, 7) is 0. The topological polar surface area (TPSA) is 130 Å². The van der Waals surface area contributed by atoms with Crippen molar-refractivity contribution in [3.63, 3.8) is 0 Å². The van der Waals surface area contributed by atoms with Crippen molar-refractivity contribution in [1.82, 2.24) is 0 Å². The summed E-state index contributed by atoms with van der Waals surface area (Å²) < 4.78 is 41.0. The zero-order valence-electron chi connectivity index (χ0n) is 15.4. The molecule has 154 valence electrons. The van der Waals surface area contributed by atoms with Crippen molar-refractivity contribution in [3.8, 4) is 0 Å². The van der Waals surface area contributed by atoms with Gasteiger partial charge in [0.25, 0.3) is 15.9 Å². The van der Waals surface area contributed by atoms with E-state index in [4.69, 9.17) is 5.73 Å². The lowest BCUT2D eigenvalue weighted by molar-refractivity contribution is 0.102. The summed E-state index contributed by atoms with van der Waals surface area (Å²) in [5.74, 6) is -1.27. The molecule has 0 fully saturated rings. The first-order valence-corrected chi connectivity index (χ1v) is 10.1. The van der Waals surface area contributed by atoms with Crippen LogP contribution in [0.25, 0.3) is 0 Å². The summed E-state index contributed by atoms with van der Waals surface area (Å²) in [6, 6.07) is 16.1. The van der Waals surface area contributed by atoms with E-state index in [2.05, 4.69) is 15.4 Å². The van der Waals surface area contributed by atoms with E-state index in [1.165, 1.54) is 42.5 Å². The van der Waals surface area contributed by atoms with Crippen LogP contribution >= 0.6 is 0 Å². The van der Waals surface area contributed by atoms with Gasteiger partial charge in [0.15, 0.2) is 0 Å². The zero-order chi connectivity index (χ0) is 21.7. The summed E-state index contributed by atoms with van der Waals surface area (Å²) in [4.78, 5) is 23.1. The number of sulfonamides is 1. The number of nitrogens with two attached hydrogens (primary N) is 1. The third kappa shape index (κ3) is 5.11. The Morgan fingerprint density at radius 2 is 1.47 bits per heavy atom. The normalized spacial score (nSPS) is 10.8. The molecule has 0 aliphatic heterocycles. The molecule has 0 atom stereocenters. The molecule has 0 saturated heterocycles. The molecular formula is C20H17FN4O4S. The summed E-state index contributed by atoms with van der Waals surface area (Å²) in [5.41, 5.74) is 5.80. The first-order valence-electron chi connectivity index (χ1n) is 8.60. The van der Waals surface area contributed by atoms with Crippen LogP contribution in [0, 0.1) is 5.82 Å². The molecule has 0 unspecified atom stereocenters. The molecule has 0 heterocycles. The number of carbonyl (C=O) groups is 2. The standard InChI is InChI=1S/C20H17FN4O4S/c21-17-6-1-2-7-18(17)25-30(28,29)16-5-3-4-13(12-16)19(26)23-14-8-10-15(11-9-14)24-20(22)27/h1-12,25H,(H,23,26)(H3,22,24,27). The first kappa shape index (κ1) is 20.8. The third-order valence-corrected chi connectivity index (χ3v) is 5.30. The molecule has 0 aliphatic rings. The van der Waals surface area contributed by atoms with Crippen molar-refractivity contribution in [3.05, 3.63) is 84.2 Å². The average molecular weight is 428 g/mol. The number of amides is 3. The number of benzene rings is 3. The molecular weight excluding hydrogens is 411 g/mol. The number of carbonyl (C=O) groups excluding carboxylic acids is 2. The number of urea groups is 1. The average Bonchev–Trinajstić information content (AvgIpc) is 2.71. The molecule has 0 saturated carbocycles. The van der Waals surface area contributed by atoms with Gasteiger partial charge in [-0.25, -0.2) is 17.6 Å². The first-order chi connectivity index (χ1) is 14.2. The number of para-hydroxylation sites is 1. The Hall–Kier alpha value is -3.92. The maximum absolute atomic E-state index is 13.8. The van der Waals surface area contributed by atoms with Crippen LogP contribution in [0.5, 0.6) is 0 Å². The highest BCUT2D eigenvalue weighted by atomic mass is 32.2. The largest absolute Gasteiger partial charge is 0.351 e. The molecule has 3 amide bonds. The number of nitrogens with one attached hydrogen (secondary N) is 3. The lowest BCUT2D eigenvalue weighted by Crippen LogP contribution is -2.19. The SMILES string of the molecule is NC(=O)Nc1ccc(NC(=O)c2cccc(S(=O)(=O)Nc3ccccc3F)c2)cc1. The molecule has 0 aliphatic carbocycles. The van der Waals surface area contributed by atoms with E-state index in [0.717, 1.165) is 6.07 Å². The Bertz CT molecular complexity index is 1200. The van der Waals surface area contributed by atoms with Crippen LogP contribution in [0.3, 0.4) is 0 Å². The minimum absolute atomic E-state index is 0.0887. The van der Waals surface area contributed by atoms with Crippen molar-refractivity contribution in [2.24, 2.45) is 5.73 Å². The molecule has 3 aromatic carbocycles. The quantitative estimate of drug-likeness (QED) is 0.479. The number of primary amides is 1. The summed E-state index contributed by atoms with van der Waals surface area (Å²) in [7, 11) is -4.10. The second-order valence-electron chi connectivity index (χ2n) is 6.13. The highest BCUT2D eigenvalue weighted by molar-refractivity contribution is 7.92. The molecule has 5 N–H and O–H groups in total. The van der Waals surface area contributed by atoms with E-state index < -0.39 is 27.8 Å². The fraction of sp³-hybridized carbons (Fsp3) is 0. The van der Waals surface area contributed by atoms with Gasteiger partial charge >= 0.3 is 6.03 Å². The molecule has 8 nitrogen and oxygen atoms in total. The van der Waals surface area contributed by atoms with Crippen molar-refractivity contribution in [2.75, 3.05) is 15.4 Å². The minimum Gasteiger partial charge on any atom is -0.351 e. The predicted octanol–water partition coefficient (Wildman–Crippen LogP) is 3.37. The molecule has 3 rings (SSSR count). The second-order valence-corrected chi connectivity index (χ2v) is 7.82. The van der Waals surface area contributed by atoms with Crippen LogP contribution in [0.1, 0.15) is 10.4 Å². The lowest BCUT2D eigenvalue weighted by atomic mass is 10.2. The lowest BCUT2D eigenvalue weighted by Gasteiger charge is -2.11. The molecule has 0 spiro atoms. The van der Waals surface area contributed by atoms with Gasteiger partial charge in [-0.2, -0.15) is 0 Å². The van der Waals surface area contributed by atoms with Gasteiger partial charge in [0.1, 0.15) is 5.82 Å². The number of hydrogen-bond donors (Lipinski definition) is 4. The minimum atomic E-state index is -4.10. The Balaban J connectivity index is 1.76. The fourth-order valence-electron chi connectivity index (χ4n) is 2.53. The summed E-state index contributed by atoms with van der Waals surface area (Å²) in [5, 5.41) is 5.01. The van der Waals surface area contributed by atoms with Crippen LogP contribution in [0.15, 0.2) is 77.7 Å². The van der Waals surface area contributed by atoms with Gasteiger partial charge in [0.2, 0.25) is 0 Å². The summed E-state index contributed by atoms with van der Waals surface area (Å²) in [6.07, 6.45) is 0. The number of hydrogen-bond acceptors (Lipinski definition) is 4. The molecule has 3 aromatic rings. The highest BCUT2D eigenvalue weighted by Crippen LogP contribution is 2.20. The maximum atomic E-state index is 13.8. The van der Waals surface area contributed by atoms with E-state index in [-0.39, 0.29) is 16.1 Å². The molecule has 10 heteroatoms. The molecule has 0 aromatic heterocycles. The monoisotopic (exact) mass is 428 g/mol. The van der Waals surface area contributed by atoms with Crippen molar-refractivity contribution >= 4 is 39.0 Å². The Kier molecular flexibility index (Phi) is 5.98. The van der Waals surface area contributed by atoms with Gasteiger partial charge in [-0.1, -0.05) is 18.2 Å². The van der Waals surface area contributed by atoms with Crippen LogP contribution in [0.2, 0.25) is 0 Å². The van der Waals surface area contributed by atoms with Gasteiger partial charge in [-0.05, 0) is 54.6 Å². The van der Waals surface area contributed by atoms with Gasteiger partial charge in [0, 0.05) is 16.9 Å². The Morgan fingerprint density at radius 3 is 2.10 bits per heavy atom. The smallest absolute Gasteiger partial charge is 0.316 e. The van der Waals surface area contributed by atoms with E-state index in [9.17, 15) is 22.4 Å². The Labute approximate surface area is 172 Å². The van der Waals surface area contributed by atoms with Crippen LogP contribution in [-0.4, -0.2) is 20.4 Å². The van der Waals surface area contributed by atoms with E-state index in [1.807, 2.05) is 0 Å². The number of halogens is 1. The van der Waals surface area contributed by atoms with E-state index >= 15 is 0 Å². The van der Waals surface area contributed by atoms with Crippen LogP contribution in [0.4, 0.5) is 26.2 Å². The van der Waals surface area contributed by atoms with Gasteiger partial charge < -0.3 is 16.4 Å². The van der Waals surface area contributed by atoms with Gasteiger partial charge in [-0.3, -0.25) is 9.52 Å². The second kappa shape index (κ2) is 8.62. The van der Waals surface area contributed by atoms with E-state index in [1.54, 1.807) is 24.3 Å². The van der Waals surface area contributed by atoms with Gasteiger partial charge in [-0.15, -0.1) is 0 Å². The number of anilines is 3. The third-order valence-electron chi connectivity index (χ3n) is 3.94. The zero-order valence-corrected chi connectivity index (χ0v) is 16.2. The fourth-order valence-corrected chi connectivity index (χ4v) is 3.65. The van der Waals surface area contributed by atoms with E-state index in [0.29, 0.717) is 11.4 Å². The molecule has 30 heavy (non-hydrogen) atoms. The summed E-state index contributed by atoms with van der Waals surface area (Å²) >= 11 is 0. The maximum Gasteiger partial charge on any atom is 0.316 e. The van der Waals surface area contributed by atoms with Gasteiger partial charge in [0.05, 0.1) is 10.6 Å². The van der Waals surface area contributed by atoms with Crippen molar-refractivity contribution < 1.29 is 22.4 Å². The number of rotatable bonds is 6. The van der Waals surface area contributed by atoms with Crippen molar-refractivity contribution in [2.45, 2.75) is 4.90 Å². The highest BCUT2D eigenvalue weighted by Gasteiger charge is 2.18. The van der Waals surface area contributed by atoms with Crippen LogP contribution < -0.4 is 21.1 Å². The molecule has 0 bridgehead atoms. The van der Waals surface area contributed by atoms with Crippen molar-refractivity contribution in [1.29, 1.82) is 0 Å².